The number of rotatable bonds is 6. The first-order valence-electron chi connectivity index (χ1n) is 9.91. The first-order chi connectivity index (χ1) is 14.2. The zero-order chi connectivity index (χ0) is 20.2. The topological polar surface area (TPSA) is 60.5 Å². The van der Waals surface area contributed by atoms with Gasteiger partial charge in [0.15, 0.2) is 11.5 Å². The van der Waals surface area contributed by atoms with Crippen LogP contribution in [0.4, 0.5) is 5.69 Å². The number of fused-ring (bicyclic) bond motifs is 2. The van der Waals surface area contributed by atoms with Gasteiger partial charge in [0.25, 0.3) is 0 Å². The normalized spacial score (nSPS) is 12.8. The number of hydrogen-bond donors (Lipinski definition) is 1. The zero-order valence-electron chi connectivity index (χ0n) is 16.7. The predicted molar refractivity (Wildman–Crippen MR) is 117 cm³/mol. The highest BCUT2D eigenvalue weighted by atomic mass is 32.2. The second kappa shape index (κ2) is 8.74. The standard InChI is InChI=1S/C23H24N2O3S/c1-3-15-7-5-6-8-18(15)24-22(26)14-29-23-16(4-2)11-17-12-20-21(13-19(17)25-23)28-10-9-27-20/h5-8,11-13H,3-4,9-10,14H2,1-2H3,(H,24,26). The molecule has 4 rings (SSSR count). The predicted octanol–water partition coefficient (Wildman–Crippen LogP) is 4.86. The average molecular weight is 409 g/mol. The maximum atomic E-state index is 12.5. The first kappa shape index (κ1) is 19.6. The number of nitrogens with one attached hydrogen (secondary N) is 1. The molecule has 1 amide bonds. The Morgan fingerprint density at radius 1 is 1.03 bits per heavy atom. The summed E-state index contributed by atoms with van der Waals surface area (Å²) in [5.74, 6) is 1.78. The Balaban J connectivity index is 1.53. The molecule has 5 nitrogen and oxygen atoms in total. The van der Waals surface area contributed by atoms with Crippen LogP contribution in [-0.2, 0) is 17.6 Å². The van der Waals surface area contributed by atoms with Gasteiger partial charge in [-0.3, -0.25) is 4.79 Å². The molecule has 1 aliphatic rings. The molecular formula is C23H24N2O3S. The summed E-state index contributed by atoms with van der Waals surface area (Å²) in [4.78, 5) is 17.3. The lowest BCUT2D eigenvalue weighted by atomic mass is 10.1. The Morgan fingerprint density at radius 2 is 1.76 bits per heavy atom. The van der Waals surface area contributed by atoms with Crippen LogP contribution in [0.1, 0.15) is 25.0 Å². The molecule has 1 aliphatic heterocycles. The van der Waals surface area contributed by atoms with Crippen molar-refractivity contribution in [2.45, 2.75) is 31.7 Å². The lowest BCUT2D eigenvalue weighted by Gasteiger charge is -2.19. The molecule has 0 radical (unpaired) electrons. The van der Waals surface area contributed by atoms with Crippen molar-refractivity contribution in [2.75, 3.05) is 24.3 Å². The van der Waals surface area contributed by atoms with Crippen molar-refractivity contribution in [3.8, 4) is 11.5 Å². The van der Waals surface area contributed by atoms with Crippen molar-refractivity contribution in [2.24, 2.45) is 0 Å². The molecule has 0 saturated heterocycles. The van der Waals surface area contributed by atoms with Gasteiger partial charge >= 0.3 is 0 Å². The van der Waals surface area contributed by atoms with E-state index < -0.39 is 0 Å². The van der Waals surface area contributed by atoms with Gasteiger partial charge in [-0.15, -0.1) is 0 Å². The second-order valence-electron chi connectivity index (χ2n) is 6.84. The number of benzene rings is 2. The van der Waals surface area contributed by atoms with Gasteiger partial charge in [-0.1, -0.05) is 43.8 Å². The number of aromatic nitrogens is 1. The van der Waals surface area contributed by atoms with E-state index in [4.69, 9.17) is 14.5 Å². The molecule has 1 aromatic heterocycles. The van der Waals surface area contributed by atoms with Crippen molar-refractivity contribution in [1.29, 1.82) is 0 Å². The summed E-state index contributed by atoms with van der Waals surface area (Å²) < 4.78 is 11.4. The van der Waals surface area contributed by atoms with Gasteiger partial charge in [0.1, 0.15) is 18.2 Å². The van der Waals surface area contributed by atoms with Crippen molar-refractivity contribution in [3.63, 3.8) is 0 Å². The summed E-state index contributed by atoms with van der Waals surface area (Å²) in [5, 5.41) is 4.93. The van der Waals surface area contributed by atoms with Crippen molar-refractivity contribution in [3.05, 3.63) is 53.6 Å². The minimum absolute atomic E-state index is 0.0259. The number of para-hydroxylation sites is 1. The molecule has 0 atom stereocenters. The van der Waals surface area contributed by atoms with E-state index in [1.807, 2.05) is 36.4 Å². The number of anilines is 1. The molecule has 3 aromatic rings. The highest BCUT2D eigenvalue weighted by Gasteiger charge is 2.16. The molecule has 0 saturated carbocycles. The number of nitrogens with zero attached hydrogens (tertiary/aromatic N) is 1. The molecule has 29 heavy (non-hydrogen) atoms. The van der Waals surface area contributed by atoms with Gasteiger partial charge in [-0.25, -0.2) is 4.98 Å². The van der Waals surface area contributed by atoms with Gasteiger partial charge in [0.05, 0.1) is 11.3 Å². The van der Waals surface area contributed by atoms with Crippen LogP contribution in [0.5, 0.6) is 11.5 Å². The van der Waals surface area contributed by atoms with E-state index in [-0.39, 0.29) is 5.91 Å². The molecule has 0 fully saturated rings. The Kier molecular flexibility index (Phi) is 5.90. The third-order valence-corrected chi connectivity index (χ3v) is 5.94. The lowest BCUT2D eigenvalue weighted by Crippen LogP contribution is -2.16. The summed E-state index contributed by atoms with van der Waals surface area (Å²) in [7, 11) is 0. The number of pyridine rings is 1. The smallest absolute Gasteiger partial charge is 0.234 e. The third-order valence-electron chi connectivity index (χ3n) is 4.91. The fourth-order valence-electron chi connectivity index (χ4n) is 3.39. The molecular weight excluding hydrogens is 384 g/mol. The summed E-state index contributed by atoms with van der Waals surface area (Å²) in [6, 6.07) is 13.9. The van der Waals surface area contributed by atoms with Crippen LogP contribution in [0.15, 0.2) is 47.5 Å². The average Bonchev–Trinajstić information content (AvgIpc) is 2.76. The number of carbonyl (C=O) groups is 1. The number of thioether (sulfide) groups is 1. The fourth-order valence-corrected chi connectivity index (χ4v) is 4.28. The Labute approximate surface area is 174 Å². The summed E-state index contributed by atoms with van der Waals surface area (Å²) >= 11 is 1.47. The van der Waals surface area contributed by atoms with E-state index in [9.17, 15) is 4.79 Å². The van der Waals surface area contributed by atoms with Gasteiger partial charge in [0.2, 0.25) is 5.91 Å². The number of hydrogen-bond acceptors (Lipinski definition) is 5. The van der Waals surface area contributed by atoms with Crippen LogP contribution in [0.3, 0.4) is 0 Å². The van der Waals surface area contributed by atoms with Crippen LogP contribution in [0, 0.1) is 0 Å². The SMILES string of the molecule is CCc1ccccc1NC(=O)CSc1nc2cc3c(cc2cc1CC)OCCO3. The van der Waals surface area contributed by atoms with E-state index in [0.717, 1.165) is 57.1 Å². The molecule has 150 valence electrons. The summed E-state index contributed by atoms with van der Waals surface area (Å²) in [5.41, 5.74) is 3.99. The molecule has 2 aromatic carbocycles. The van der Waals surface area contributed by atoms with Crippen LogP contribution < -0.4 is 14.8 Å². The largest absolute Gasteiger partial charge is 0.486 e. The van der Waals surface area contributed by atoms with Gasteiger partial charge < -0.3 is 14.8 Å². The molecule has 1 N–H and O–H groups in total. The van der Waals surface area contributed by atoms with Gasteiger partial charge in [-0.2, -0.15) is 0 Å². The molecule has 0 spiro atoms. The van der Waals surface area contributed by atoms with E-state index >= 15 is 0 Å². The van der Waals surface area contributed by atoms with E-state index in [1.54, 1.807) is 0 Å². The molecule has 0 unspecified atom stereocenters. The maximum Gasteiger partial charge on any atom is 0.234 e. The number of aryl methyl sites for hydroxylation is 2. The van der Waals surface area contributed by atoms with Gasteiger partial charge in [-0.05, 0) is 42.2 Å². The molecule has 0 bridgehead atoms. The first-order valence-corrected chi connectivity index (χ1v) is 10.9. The Bertz CT molecular complexity index is 1050. The second-order valence-corrected chi connectivity index (χ2v) is 7.81. The number of ether oxygens (including phenoxy) is 2. The Morgan fingerprint density at radius 3 is 2.52 bits per heavy atom. The lowest BCUT2D eigenvalue weighted by molar-refractivity contribution is -0.113. The van der Waals surface area contributed by atoms with Crippen LogP contribution in [0.2, 0.25) is 0 Å². The number of carbonyl (C=O) groups excluding carboxylic acids is 1. The van der Waals surface area contributed by atoms with E-state index in [0.29, 0.717) is 19.0 Å². The maximum absolute atomic E-state index is 12.5. The fraction of sp³-hybridized carbons (Fsp3) is 0.304. The Hall–Kier alpha value is -2.73. The van der Waals surface area contributed by atoms with Crippen molar-refractivity contribution in [1.82, 2.24) is 4.98 Å². The monoisotopic (exact) mass is 408 g/mol. The minimum Gasteiger partial charge on any atom is -0.486 e. The molecule has 6 heteroatoms. The number of amides is 1. The van der Waals surface area contributed by atoms with Crippen LogP contribution in [-0.4, -0.2) is 29.9 Å². The summed E-state index contributed by atoms with van der Waals surface area (Å²) in [6.07, 6.45) is 1.73. The van der Waals surface area contributed by atoms with Crippen molar-refractivity contribution < 1.29 is 14.3 Å². The molecule has 2 heterocycles. The van der Waals surface area contributed by atoms with Crippen LogP contribution >= 0.6 is 11.8 Å². The van der Waals surface area contributed by atoms with Crippen LogP contribution in [0.25, 0.3) is 10.9 Å². The minimum atomic E-state index is -0.0259. The van der Waals surface area contributed by atoms with E-state index in [2.05, 4.69) is 25.2 Å². The highest BCUT2D eigenvalue weighted by molar-refractivity contribution is 8.00. The zero-order valence-corrected chi connectivity index (χ0v) is 17.5. The van der Waals surface area contributed by atoms with Gasteiger partial charge in [0, 0.05) is 17.1 Å². The highest BCUT2D eigenvalue weighted by Crippen LogP contribution is 2.36. The summed E-state index contributed by atoms with van der Waals surface area (Å²) in [6.45, 7) is 5.30. The molecule has 0 aliphatic carbocycles. The quantitative estimate of drug-likeness (QED) is 0.590. The van der Waals surface area contributed by atoms with Crippen molar-refractivity contribution >= 4 is 34.3 Å². The van der Waals surface area contributed by atoms with E-state index in [1.165, 1.54) is 11.8 Å². The third kappa shape index (κ3) is 4.32.